The average molecular weight is 398 g/mol. The van der Waals surface area contributed by atoms with E-state index in [1.807, 2.05) is 54.6 Å². The third kappa shape index (κ3) is 4.07. The van der Waals surface area contributed by atoms with E-state index in [1.165, 1.54) is 5.06 Å². The summed E-state index contributed by atoms with van der Waals surface area (Å²) in [5, 5.41) is 22.7. The number of piperidine rings is 1. The first-order valence-electron chi connectivity index (χ1n) is 9.60. The summed E-state index contributed by atoms with van der Waals surface area (Å²) in [6.45, 7) is 2.00. The summed E-state index contributed by atoms with van der Waals surface area (Å²) in [6, 6.07) is 15.8. The Balaban J connectivity index is 1.39. The Morgan fingerprint density at radius 2 is 1.79 bits per heavy atom. The van der Waals surface area contributed by atoms with Crippen LogP contribution >= 0.6 is 11.6 Å². The number of hydrogen-bond acceptors (Lipinski definition) is 5. The summed E-state index contributed by atoms with van der Waals surface area (Å²) < 4.78 is 0. The summed E-state index contributed by atoms with van der Waals surface area (Å²) in [6.07, 6.45) is 4.76. The maximum Gasteiger partial charge on any atom is 0.225 e. The van der Waals surface area contributed by atoms with Gasteiger partial charge in [0.25, 0.3) is 0 Å². The normalized spacial score (nSPS) is 18.9. The second kappa shape index (κ2) is 8.35. The molecule has 28 heavy (non-hydrogen) atoms. The molecule has 1 unspecified atom stereocenters. The number of likely N-dealkylation sites (tertiary alicyclic amines) is 1. The van der Waals surface area contributed by atoms with Crippen molar-refractivity contribution in [2.75, 3.05) is 19.6 Å². The van der Waals surface area contributed by atoms with Crippen molar-refractivity contribution in [2.45, 2.75) is 18.9 Å². The van der Waals surface area contributed by atoms with E-state index >= 15 is 0 Å². The molecule has 1 saturated heterocycles. The van der Waals surface area contributed by atoms with Gasteiger partial charge in [-0.3, -0.25) is 5.21 Å². The van der Waals surface area contributed by atoms with E-state index in [1.54, 1.807) is 6.20 Å². The first-order chi connectivity index (χ1) is 13.6. The van der Waals surface area contributed by atoms with Crippen LogP contribution in [0.25, 0.3) is 11.1 Å². The zero-order valence-electron chi connectivity index (χ0n) is 15.6. The number of aliphatic hydroxyl groups is 1. The van der Waals surface area contributed by atoms with Crippen LogP contribution in [0.4, 0.5) is 0 Å². The van der Waals surface area contributed by atoms with E-state index in [-0.39, 0.29) is 5.92 Å². The molecule has 0 aromatic heterocycles. The second-order valence-corrected chi connectivity index (χ2v) is 7.73. The van der Waals surface area contributed by atoms with Crippen LogP contribution in [0, 0.1) is 5.92 Å². The molecule has 0 aliphatic carbocycles. The first kappa shape index (κ1) is 19.0. The van der Waals surface area contributed by atoms with Gasteiger partial charge in [-0.2, -0.15) is 0 Å². The van der Waals surface area contributed by atoms with Crippen LogP contribution in [0.2, 0.25) is 5.02 Å². The Labute approximate surface area is 170 Å². The van der Waals surface area contributed by atoms with Crippen LogP contribution in [0.15, 0.2) is 65.8 Å². The number of guanidine groups is 1. The molecule has 2 aromatic rings. The number of hydroxylamine groups is 2. The van der Waals surface area contributed by atoms with Gasteiger partial charge in [-0.1, -0.05) is 48.0 Å². The van der Waals surface area contributed by atoms with E-state index in [0.717, 1.165) is 42.6 Å². The zero-order valence-corrected chi connectivity index (χ0v) is 16.3. The van der Waals surface area contributed by atoms with E-state index < -0.39 is 6.10 Å². The lowest BCUT2D eigenvalue weighted by molar-refractivity contribution is -0.0234. The number of rotatable bonds is 3. The van der Waals surface area contributed by atoms with Crippen LogP contribution in [0.1, 0.15) is 24.5 Å². The first-order valence-corrected chi connectivity index (χ1v) is 9.98. The fourth-order valence-corrected chi connectivity index (χ4v) is 4.08. The van der Waals surface area contributed by atoms with Crippen molar-refractivity contribution in [3.8, 4) is 11.1 Å². The maximum atomic E-state index is 10.9. The van der Waals surface area contributed by atoms with E-state index in [2.05, 4.69) is 9.89 Å². The third-order valence-corrected chi connectivity index (χ3v) is 5.72. The van der Waals surface area contributed by atoms with E-state index in [9.17, 15) is 10.3 Å². The summed E-state index contributed by atoms with van der Waals surface area (Å²) >= 11 is 6.08. The van der Waals surface area contributed by atoms with E-state index in [0.29, 0.717) is 17.5 Å². The molecule has 2 aromatic carbocycles. The molecule has 6 heteroatoms. The van der Waals surface area contributed by atoms with Gasteiger partial charge in [0.1, 0.15) is 0 Å². The SMILES string of the molecule is OC(c1ccc(-c2cccc(Cl)c2)cc1)C1CCN(C2=NC=CCN2O)CC1. The van der Waals surface area contributed by atoms with Crippen LogP contribution in [-0.2, 0) is 0 Å². The monoisotopic (exact) mass is 397 g/mol. The molecular formula is C22H24ClN3O2. The van der Waals surface area contributed by atoms with Gasteiger partial charge in [-0.25, -0.2) is 10.1 Å². The molecule has 2 aliphatic rings. The van der Waals surface area contributed by atoms with Crippen molar-refractivity contribution in [3.05, 3.63) is 71.4 Å². The predicted molar refractivity (Wildman–Crippen MR) is 111 cm³/mol. The van der Waals surface area contributed by atoms with Crippen molar-refractivity contribution >= 4 is 17.6 Å². The summed E-state index contributed by atoms with van der Waals surface area (Å²) in [5.41, 5.74) is 3.09. The fourth-order valence-electron chi connectivity index (χ4n) is 3.89. The number of nitrogens with zero attached hydrogens (tertiary/aromatic N) is 3. The number of halogens is 1. The standard InChI is InChI=1S/C22H24ClN3O2/c23-20-4-1-3-19(15-20)16-5-7-17(8-6-16)21(27)18-9-13-25(14-10-18)22-24-11-2-12-26(22)28/h1-8,11,15,18,21,27-28H,9-10,12-14H2. The Bertz CT molecular complexity index is 874. The zero-order chi connectivity index (χ0) is 19.5. The molecule has 2 heterocycles. The van der Waals surface area contributed by atoms with Gasteiger partial charge in [0, 0.05) is 24.3 Å². The number of benzene rings is 2. The topological polar surface area (TPSA) is 59.3 Å². The third-order valence-electron chi connectivity index (χ3n) is 5.48. The van der Waals surface area contributed by atoms with E-state index in [4.69, 9.17) is 11.6 Å². The maximum absolute atomic E-state index is 10.9. The predicted octanol–water partition coefficient (Wildman–Crippen LogP) is 4.33. The van der Waals surface area contributed by atoms with Crippen molar-refractivity contribution < 1.29 is 10.3 Å². The van der Waals surface area contributed by atoms with Gasteiger partial charge in [0.2, 0.25) is 5.96 Å². The van der Waals surface area contributed by atoms with Crippen LogP contribution < -0.4 is 0 Å². The van der Waals surface area contributed by atoms with Crippen LogP contribution in [0.5, 0.6) is 0 Å². The van der Waals surface area contributed by atoms with Crippen LogP contribution in [-0.4, -0.2) is 45.9 Å². The van der Waals surface area contributed by atoms with Gasteiger partial charge in [0.05, 0.1) is 12.6 Å². The molecule has 0 spiro atoms. The molecule has 0 radical (unpaired) electrons. The summed E-state index contributed by atoms with van der Waals surface area (Å²) in [4.78, 5) is 6.35. The van der Waals surface area contributed by atoms with Gasteiger partial charge in [-0.05, 0) is 53.7 Å². The molecule has 1 atom stereocenters. The molecule has 5 nitrogen and oxygen atoms in total. The smallest absolute Gasteiger partial charge is 0.225 e. The average Bonchev–Trinajstić information content (AvgIpc) is 2.74. The fraction of sp³-hybridized carbons (Fsp3) is 0.318. The number of aliphatic hydroxyl groups excluding tert-OH is 1. The molecule has 4 rings (SSSR count). The molecule has 0 bridgehead atoms. The Hall–Kier alpha value is -2.34. The lowest BCUT2D eigenvalue weighted by atomic mass is 9.87. The highest BCUT2D eigenvalue weighted by atomic mass is 35.5. The van der Waals surface area contributed by atoms with Crippen molar-refractivity contribution in [2.24, 2.45) is 10.9 Å². The minimum atomic E-state index is -0.492. The minimum Gasteiger partial charge on any atom is -0.388 e. The lowest BCUT2D eigenvalue weighted by Gasteiger charge is -2.38. The Morgan fingerprint density at radius 3 is 2.46 bits per heavy atom. The van der Waals surface area contributed by atoms with Crippen molar-refractivity contribution in [1.29, 1.82) is 0 Å². The van der Waals surface area contributed by atoms with Crippen LogP contribution in [0.3, 0.4) is 0 Å². The molecule has 0 amide bonds. The highest BCUT2D eigenvalue weighted by molar-refractivity contribution is 6.30. The highest BCUT2D eigenvalue weighted by Gasteiger charge is 2.29. The van der Waals surface area contributed by atoms with Gasteiger partial charge >= 0.3 is 0 Å². The molecule has 146 valence electrons. The molecule has 2 aliphatic heterocycles. The molecule has 1 fully saturated rings. The second-order valence-electron chi connectivity index (χ2n) is 7.30. The van der Waals surface area contributed by atoms with Crippen molar-refractivity contribution in [1.82, 2.24) is 9.96 Å². The minimum absolute atomic E-state index is 0.195. The molecule has 0 saturated carbocycles. The summed E-state index contributed by atoms with van der Waals surface area (Å²) in [7, 11) is 0. The number of aliphatic imine (C=N–C) groups is 1. The highest BCUT2D eigenvalue weighted by Crippen LogP contribution is 2.32. The summed E-state index contributed by atoms with van der Waals surface area (Å²) in [5.74, 6) is 0.793. The molecule has 2 N–H and O–H groups in total. The molecular weight excluding hydrogens is 374 g/mol. The van der Waals surface area contributed by atoms with Gasteiger partial charge < -0.3 is 10.0 Å². The van der Waals surface area contributed by atoms with Gasteiger partial charge in [0.15, 0.2) is 0 Å². The Morgan fingerprint density at radius 1 is 1.04 bits per heavy atom. The largest absolute Gasteiger partial charge is 0.388 e. The number of hydrogen-bond donors (Lipinski definition) is 2. The van der Waals surface area contributed by atoms with Gasteiger partial charge in [-0.15, -0.1) is 0 Å². The Kier molecular flexibility index (Phi) is 5.67. The quantitative estimate of drug-likeness (QED) is 0.809. The lowest BCUT2D eigenvalue weighted by Crippen LogP contribution is -2.47. The van der Waals surface area contributed by atoms with Crippen molar-refractivity contribution in [3.63, 3.8) is 0 Å².